The number of anilines is 1. The summed E-state index contributed by atoms with van der Waals surface area (Å²) < 4.78 is 5.16. The second kappa shape index (κ2) is 6.07. The molecule has 2 aromatic carbocycles. The van der Waals surface area contributed by atoms with Gasteiger partial charge in [0.25, 0.3) is 5.91 Å². The van der Waals surface area contributed by atoms with Crippen LogP contribution < -0.4 is 10.9 Å². The van der Waals surface area contributed by atoms with Gasteiger partial charge in [-0.2, -0.15) is 0 Å². The van der Waals surface area contributed by atoms with E-state index in [2.05, 4.69) is 5.32 Å². The average molecular weight is 348 g/mol. The number of aryl methyl sites for hydroxylation is 1. The number of para-hydroxylation sites is 1. The van der Waals surface area contributed by atoms with Crippen LogP contribution in [0.3, 0.4) is 0 Å². The van der Waals surface area contributed by atoms with E-state index in [4.69, 9.17) is 27.6 Å². The summed E-state index contributed by atoms with van der Waals surface area (Å²) in [4.78, 5) is 24.4. The number of halogens is 2. The number of rotatable bonds is 2. The van der Waals surface area contributed by atoms with E-state index in [9.17, 15) is 9.59 Å². The maximum absolute atomic E-state index is 12.4. The molecule has 0 radical (unpaired) electrons. The molecule has 3 aromatic rings. The summed E-state index contributed by atoms with van der Waals surface area (Å²) in [6.45, 7) is 1.86. The smallest absolute Gasteiger partial charge is 0.349 e. The third-order valence-electron chi connectivity index (χ3n) is 3.39. The summed E-state index contributed by atoms with van der Waals surface area (Å²) in [7, 11) is 0. The number of carbonyl (C=O) groups excluding carboxylic acids is 1. The van der Waals surface area contributed by atoms with Gasteiger partial charge in [0.1, 0.15) is 5.56 Å². The van der Waals surface area contributed by atoms with Crippen molar-refractivity contribution in [1.29, 1.82) is 0 Å². The lowest BCUT2D eigenvalue weighted by molar-refractivity contribution is 0.102. The topological polar surface area (TPSA) is 59.3 Å². The highest BCUT2D eigenvalue weighted by molar-refractivity contribution is 6.38. The van der Waals surface area contributed by atoms with Crippen LogP contribution in [0.1, 0.15) is 15.9 Å². The van der Waals surface area contributed by atoms with Crippen molar-refractivity contribution in [2.45, 2.75) is 6.92 Å². The van der Waals surface area contributed by atoms with Crippen molar-refractivity contribution < 1.29 is 9.21 Å². The molecule has 0 fully saturated rings. The molecule has 0 saturated carbocycles. The van der Waals surface area contributed by atoms with Crippen LogP contribution in [0.4, 0.5) is 5.69 Å². The molecular formula is C17H11Cl2NO3. The van der Waals surface area contributed by atoms with Gasteiger partial charge >= 0.3 is 5.63 Å². The van der Waals surface area contributed by atoms with Crippen LogP contribution in [0.25, 0.3) is 11.0 Å². The lowest BCUT2D eigenvalue weighted by atomic mass is 10.1. The average Bonchev–Trinajstić information content (AvgIpc) is 2.49. The molecule has 0 unspecified atom stereocenters. The van der Waals surface area contributed by atoms with Crippen molar-refractivity contribution in [2.24, 2.45) is 0 Å². The molecule has 4 nitrogen and oxygen atoms in total. The van der Waals surface area contributed by atoms with Crippen molar-refractivity contribution in [3.63, 3.8) is 0 Å². The van der Waals surface area contributed by atoms with Gasteiger partial charge in [0.15, 0.2) is 5.58 Å². The van der Waals surface area contributed by atoms with Gasteiger partial charge in [-0.15, -0.1) is 0 Å². The molecule has 0 aliphatic carbocycles. The van der Waals surface area contributed by atoms with Crippen molar-refractivity contribution in [1.82, 2.24) is 0 Å². The molecule has 1 N–H and O–H groups in total. The highest BCUT2D eigenvalue weighted by atomic mass is 35.5. The molecule has 1 aromatic heterocycles. The minimum atomic E-state index is -0.757. The Morgan fingerprint density at radius 3 is 2.61 bits per heavy atom. The number of hydrogen-bond acceptors (Lipinski definition) is 3. The van der Waals surface area contributed by atoms with Gasteiger partial charge in [-0.25, -0.2) is 4.79 Å². The van der Waals surface area contributed by atoms with Crippen LogP contribution in [0.2, 0.25) is 10.0 Å². The van der Waals surface area contributed by atoms with Gasteiger partial charge in [-0.3, -0.25) is 4.79 Å². The number of nitrogens with one attached hydrogen (secondary N) is 1. The molecular weight excluding hydrogens is 337 g/mol. The molecule has 1 heterocycles. The molecule has 116 valence electrons. The fraction of sp³-hybridized carbons (Fsp3) is 0.0588. The van der Waals surface area contributed by atoms with E-state index in [1.165, 1.54) is 12.1 Å². The maximum atomic E-state index is 12.4. The van der Waals surface area contributed by atoms with E-state index in [-0.39, 0.29) is 16.2 Å². The second-order valence-electron chi connectivity index (χ2n) is 5.02. The minimum absolute atomic E-state index is 0.112. The number of carbonyl (C=O) groups is 1. The minimum Gasteiger partial charge on any atom is -0.421 e. The Kier molecular flexibility index (Phi) is 4.11. The van der Waals surface area contributed by atoms with Gasteiger partial charge in [0, 0.05) is 16.1 Å². The summed E-state index contributed by atoms with van der Waals surface area (Å²) in [5.74, 6) is -0.550. The maximum Gasteiger partial charge on any atom is 0.349 e. The summed E-state index contributed by atoms with van der Waals surface area (Å²) in [5, 5.41) is 3.79. The van der Waals surface area contributed by atoms with E-state index in [0.29, 0.717) is 16.1 Å². The third-order valence-corrected chi connectivity index (χ3v) is 3.89. The van der Waals surface area contributed by atoms with Crippen LogP contribution in [0.5, 0.6) is 0 Å². The molecule has 1 amide bonds. The van der Waals surface area contributed by atoms with Crippen molar-refractivity contribution in [2.75, 3.05) is 5.32 Å². The number of fused-ring (bicyclic) bond motifs is 1. The lowest BCUT2D eigenvalue weighted by Gasteiger charge is -2.08. The largest absolute Gasteiger partial charge is 0.421 e. The Morgan fingerprint density at radius 1 is 1.13 bits per heavy atom. The van der Waals surface area contributed by atoms with Crippen LogP contribution in [0, 0.1) is 6.92 Å². The highest BCUT2D eigenvalue weighted by Crippen LogP contribution is 2.27. The van der Waals surface area contributed by atoms with Gasteiger partial charge in [0.05, 0.1) is 5.02 Å². The zero-order chi connectivity index (χ0) is 16.6. The monoisotopic (exact) mass is 347 g/mol. The quantitative estimate of drug-likeness (QED) is 0.685. The fourth-order valence-electron chi connectivity index (χ4n) is 2.22. The Bertz CT molecular complexity index is 979. The molecule has 0 atom stereocenters. The molecule has 6 heteroatoms. The van der Waals surface area contributed by atoms with Gasteiger partial charge in [0.2, 0.25) is 0 Å². The first-order chi connectivity index (χ1) is 11.0. The molecule has 0 aliphatic heterocycles. The molecule has 23 heavy (non-hydrogen) atoms. The predicted octanol–water partition coefficient (Wildman–Crippen LogP) is 4.66. The SMILES string of the molecule is Cc1ccccc1NC(=O)c1cc2cc(Cl)cc(Cl)c2oc1=O. The summed E-state index contributed by atoms with van der Waals surface area (Å²) >= 11 is 11.9. The second-order valence-corrected chi connectivity index (χ2v) is 5.87. The standard InChI is InChI=1S/C17H11Cl2NO3/c1-9-4-2-3-5-14(9)20-16(21)12-7-10-6-11(18)8-13(19)15(10)23-17(12)22/h2-8H,1H3,(H,20,21). The van der Waals surface area contributed by atoms with E-state index < -0.39 is 11.5 Å². The number of amides is 1. The van der Waals surface area contributed by atoms with Crippen molar-refractivity contribution >= 4 is 45.8 Å². The molecule has 3 rings (SSSR count). The zero-order valence-corrected chi connectivity index (χ0v) is 13.5. The van der Waals surface area contributed by atoms with E-state index >= 15 is 0 Å². The van der Waals surface area contributed by atoms with Crippen LogP contribution in [0.15, 0.2) is 51.7 Å². The summed E-state index contributed by atoms with van der Waals surface area (Å²) in [6, 6.07) is 11.7. The van der Waals surface area contributed by atoms with Gasteiger partial charge in [-0.05, 0) is 36.8 Å². The van der Waals surface area contributed by atoms with Gasteiger partial charge < -0.3 is 9.73 Å². The van der Waals surface area contributed by atoms with E-state index in [1.807, 2.05) is 19.1 Å². The van der Waals surface area contributed by atoms with Crippen LogP contribution in [-0.2, 0) is 0 Å². The molecule has 0 bridgehead atoms. The zero-order valence-electron chi connectivity index (χ0n) is 12.0. The van der Waals surface area contributed by atoms with Crippen LogP contribution >= 0.6 is 23.2 Å². The first-order valence-electron chi connectivity index (χ1n) is 6.75. The van der Waals surface area contributed by atoms with Gasteiger partial charge in [-0.1, -0.05) is 41.4 Å². The fourth-order valence-corrected chi connectivity index (χ4v) is 2.77. The van der Waals surface area contributed by atoms with Crippen LogP contribution in [-0.4, -0.2) is 5.91 Å². The summed E-state index contributed by atoms with van der Waals surface area (Å²) in [5.41, 5.74) is 0.846. The first kappa shape index (κ1) is 15.6. The third kappa shape index (κ3) is 3.09. The Morgan fingerprint density at radius 2 is 1.87 bits per heavy atom. The summed E-state index contributed by atoms with van der Waals surface area (Å²) in [6.07, 6.45) is 0. The Balaban J connectivity index is 2.06. The first-order valence-corrected chi connectivity index (χ1v) is 7.51. The highest BCUT2D eigenvalue weighted by Gasteiger charge is 2.16. The molecule has 0 saturated heterocycles. The number of benzene rings is 2. The van der Waals surface area contributed by atoms with E-state index in [1.54, 1.807) is 18.2 Å². The number of hydrogen-bond donors (Lipinski definition) is 1. The van der Waals surface area contributed by atoms with E-state index in [0.717, 1.165) is 5.56 Å². The Hall–Kier alpha value is -2.30. The molecule has 0 spiro atoms. The lowest BCUT2D eigenvalue weighted by Crippen LogP contribution is -2.21. The van der Waals surface area contributed by atoms with Crippen molar-refractivity contribution in [3.8, 4) is 0 Å². The molecule has 0 aliphatic rings. The normalized spacial score (nSPS) is 10.7. The van der Waals surface area contributed by atoms with Crippen molar-refractivity contribution in [3.05, 3.63) is 74.1 Å². The predicted molar refractivity (Wildman–Crippen MR) is 91.6 cm³/mol. The Labute approximate surface area is 141 Å².